The predicted octanol–water partition coefficient (Wildman–Crippen LogP) is 2.67. The molecule has 0 saturated carbocycles. The second kappa shape index (κ2) is 5.78. The molecular weight excluding hydrogens is 278 g/mol. The number of esters is 1. The summed E-state index contributed by atoms with van der Waals surface area (Å²) in [5.74, 6) is -1.53. The van der Waals surface area contributed by atoms with Crippen LogP contribution in [-0.4, -0.2) is 25.8 Å². The van der Waals surface area contributed by atoms with Crippen molar-refractivity contribution in [1.29, 1.82) is 0 Å². The Morgan fingerprint density at radius 2 is 1.95 bits per heavy atom. The van der Waals surface area contributed by atoms with E-state index in [0.29, 0.717) is 5.56 Å². The zero-order valence-corrected chi connectivity index (χ0v) is 11.3. The Morgan fingerprint density at radius 1 is 1.35 bits per heavy atom. The molecule has 0 aliphatic heterocycles. The number of ether oxygens (including phenoxy) is 1. The molecule has 0 aliphatic rings. The van der Waals surface area contributed by atoms with Gasteiger partial charge in [-0.3, -0.25) is 5.32 Å². The minimum absolute atomic E-state index is 0.0664. The molecule has 0 aliphatic carbocycles. The minimum atomic E-state index is -4.50. The lowest BCUT2D eigenvalue weighted by molar-refractivity contribution is -0.153. The summed E-state index contributed by atoms with van der Waals surface area (Å²) in [6, 6.07) is 3.80. The number of nitrogens with one attached hydrogen (secondary N) is 1. The third-order valence-electron chi connectivity index (χ3n) is 2.99. The average Bonchev–Trinajstić information content (AvgIpc) is 2.37. The molecular formula is C13H15F4NO2. The van der Waals surface area contributed by atoms with Crippen molar-refractivity contribution in [3.05, 3.63) is 35.1 Å². The Morgan fingerprint density at radius 3 is 2.40 bits per heavy atom. The Bertz CT molecular complexity index is 502. The van der Waals surface area contributed by atoms with E-state index in [1.54, 1.807) is 0 Å². The summed E-state index contributed by atoms with van der Waals surface area (Å²) >= 11 is 0. The van der Waals surface area contributed by atoms with Crippen LogP contribution in [-0.2, 0) is 15.1 Å². The van der Waals surface area contributed by atoms with E-state index in [2.05, 4.69) is 10.1 Å². The fraction of sp³-hybridized carbons (Fsp3) is 0.462. The lowest BCUT2D eigenvalue weighted by Crippen LogP contribution is -2.50. The quantitative estimate of drug-likeness (QED) is 0.685. The van der Waals surface area contributed by atoms with E-state index in [9.17, 15) is 22.4 Å². The van der Waals surface area contributed by atoms with Gasteiger partial charge in [0.25, 0.3) is 0 Å². The Kier molecular flexibility index (Phi) is 4.75. The fourth-order valence-electron chi connectivity index (χ4n) is 1.68. The van der Waals surface area contributed by atoms with Crippen LogP contribution in [0.2, 0.25) is 0 Å². The van der Waals surface area contributed by atoms with Gasteiger partial charge in [-0.2, -0.15) is 13.2 Å². The van der Waals surface area contributed by atoms with Gasteiger partial charge in [0.2, 0.25) is 0 Å². The van der Waals surface area contributed by atoms with Crippen LogP contribution in [0.15, 0.2) is 18.2 Å². The van der Waals surface area contributed by atoms with Crippen LogP contribution in [0.5, 0.6) is 0 Å². The first kappa shape index (κ1) is 16.4. The van der Waals surface area contributed by atoms with Crippen molar-refractivity contribution in [2.24, 2.45) is 0 Å². The maximum atomic E-state index is 13.5. The van der Waals surface area contributed by atoms with Gasteiger partial charge in [0.1, 0.15) is 11.4 Å². The Labute approximate surface area is 113 Å². The summed E-state index contributed by atoms with van der Waals surface area (Å²) in [5.41, 5.74) is -1.38. The van der Waals surface area contributed by atoms with Crippen molar-refractivity contribution in [3.8, 4) is 0 Å². The van der Waals surface area contributed by atoms with Gasteiger partial charge in [-0.05, 0) is 31.0 Å². The molecule has 7 heteroatoms. The van der Waals surface area contributed by atoms with Crippen LogP contribution in [0.3, 0.4) is 0 Å². The van der Waals surface area contributed by atoms with Gasteiger partial charge in [-0.25, -0.2) is 9.18 Å². The summed E-state index contributed by atoms with van der Waals surface area (Å²) < 4.78 is 55.0. The van der Waals surface area contributed by atoms with Crippen LogP contribution in [0.1, 0.15) is 18.1 Å². The number of benzene rings is 1. The number of alkyl halides is 3. The number of carbonyl (C=O) groups excluding carboxylic acids is 1. The minimum Gasteiger partial charge on any atom is -0.467 e. The zero-order valence-electron chi connectivity index (χ0n) is 11.3. The molecule has 0 saturated heterocycles. The normalized spacial score (nSPS) is 14.8. The zero-order chi connectivity index (χ0) is 15.6. The fourth-order valence-corrected chi connectivity index (χ4v) is 1.68. The summed E-state index contributed by atoms with van der Waals surface area (Å²) in [5, 5.41) is 2.08. The molecule has 1 atom stereocenters. The first-order valence-corrected chi connectivity index (χ1v) is 5.77. The molecule has 1 aromatic rings. The standard InChI is InChI=1S/C13H15F4NO2/c1-8-4-5-9(6-10(8)14)12(2,11(19)20-3)18-7-13(15,16)17/h4-6,18H,7H2,1-3H3. The number of rotatable bonds is 4. The first-order valence-electron chi connectivity index (χ1n) is 5.77. The SMILES string of the molecule is COC(=O)C(C)(NCC(F)(F)F)c1ccc(C)c(F)c1. The summed E-state index contributed by atoms with van der Waals surface area (Å²) in [4.78, 5) is 11.8. The summed E-state index contributed by atoms with van der Waals surface area (Å²) in [6.07, 6.45) is -4.50. The van der Waals surface area contributed by atoms with Gasteiger partial charge in [-0.15, -0.1) is 0 Å². The first-order chi connectivity index (χ1) is 9.10. The highest BCUT2D eigenvalue weighted by Gasteiger charge is 2.40. The smallest absolute Gasteiger partial charge is 0.401 e. The largest absolute Gasteiger partial charge is 0.467 e. The molecule has 3 nitrogen and oxygen atoms in total. The number of hydrogen-bond acceptors (Lipinski definition) is 3. The number of aryl methyl sites for hydroxylation is 1. The second-order valence-electron chi connectivity index (χ2n) is 4.55. The van der Waals surface area contributed by atoms with Crippen LogP contribution < -0.4 is 5.32 Å². The number of carbonyl (C=O) groups is 1. The lowest BCUT2D eigenvalue weighted by Gasteiger charge is -2.29. The maximum Gasteiger partial charge on any atom is 0.401 e. The molecule has 20 heavy (non-hydrogen) atoms. The van der Waals surface area contributed by atoms with Crippen LogP contribution in [0.4, 0.5) is 17.6 Å². The topological polar surface area (TPSA) is 38.3 Å². The number of hydrogen-bond donors (Lipinski definition) is 1. The Balaban J connectivity index is 3.16. The molecule has 0 aromatic heterocycles. The molecule has 0 amide bonds. The van der Waals surface area contributed by atoms with Crippen molar-refractivity contribution >= 4 is 5.97 Å². The van der Waals surface area contributed by atoms with Crippen LogP contribution in [0.25, 0.3) is 0 Å². The predicted molar refractivity (Wildman–Crippen MR) is 64.6 cm³/mol. The second-order valence-corrected chi connectivity index (χ2v) is 4.55. The molecule has 0 spiro atoms. The van der Waals surface area contributed by atoms with Gasteiger partial charge in [0.05, 0.1) is 13.7 Å². The van der Waals surface area contributed by atoms with Gasteiger partial charge in [-0.1, -0.05) is 12.1 Å². The highest BCUT2D eigenvalue weighted by Crippen LogP contribution is 2.26. The van der Waals surface area contributed by atoms with E-state index >= 15 is 0 Å². The van der Waals surface area contributed by atoms with Crippen LogP contribution in [0, 0.1) is 12.7 Å². The molecule has 112 valence electrons. The van der Waals surface area contributed by atoms with E-state index in [4.69, 9.17) is 0 Å². The van der Waals surface area contributed by atoms with E-state index in [1.807, 2.05) is 0 Å². The van der Waals surface area contributed by atoms with E-state index in [0.717, 1.165) is 13.2 Å². The van der Waals surface area contributed by atoms with Gasteiger partial charge < -0.3 is 4.74 Å². The van der Waals surface area contributed by atoms with E-state index < -0.39 is 30.0 Å². The third-order valence-corrected chi connectivity index (χ3v) is 2.99. The molecule has 0 bridgehead atoms. The highest BCUT2D eigenvalue weighted by atomic mass is 19.4. The monoisotopic (exact) mass is 293 g/mol. The third kappa shape index (κ3) is 3.69. The van der Waals surface area contributed by atoms with E-state index in [1.165, 1.54) is 26.0 Å². The Hall–Kier alpha value is -1.63. The van der Waals surface area contributed by atoms with E-state index in [-0.39, 0.29) is 5.56 Å². The molecule has 1 unspecified atom stereocenters. The maximum absolute atomic E-state index is 13.5. The van der Waals surface area contributed by atoms with Crippen molar-refractivity contribution in [3.63, 3.8) is 0 Å². The molecule has 0 radical (unpaired) electrons. The molecule has 1 N–H and O–H groups in total. The van der Waals surface area contributed by atoms with Crippen molar-refractivity contribution in [1.82, 2.24) is 5.32 Å². The molecule has 0 heterocycles. The van der Waals surface area contributed by atoms with Crippen molar-refractivity contribution in [2.75, 3.05) is 13.7 Å². The lowest BCUT2D eigenvalue weighted by atomic mass is 9.91. The number of halogens is 4. The number of methoxy groups -OCH3 is 1. The van der Waals surface area contributed by atoms with Gasteiger partial charge in [0, 0.05) is 0 Å². The highest BCUT2D eigenvalue weighted by molar-refractivity contribution is 5.82. The summed E-state index contributed by atoms with van der Waals surface area (Å²) in [7, 11) is 1.06. The summed E-state index contributed by atoms with van der Waals surface area (Å²) in [6.45, 7) is 1.33. The van der Waals surface area contributed by atoms with Crippen molar-refractivity contribution in [2.45, 2.75) is 25.6 Å². The van der Waals surface area contributed by atoms with Gasteiger partial charge >= 0.3 is 12.1 Å². The van der Waals surface area contributed by atoms with Crippen molar-refractivity contribution < 1.29 is 27.1 Å². The van der Waals surface area contributed by atoms with Gasteiger partial charge in [0.15, 0.2) is 0 Å². The molecule has 0 fully saturated rings. The van der Waals surface area contributed by atoms with Crippen LogP contribution >= 0.6 is 0 Å². The molecule has 1 rings (SSSR count). The molecule has 1 aromatic carbocycles. The average molecular weight is 293 g/mol.